The molecule has 0 saturated carbocycles. The van der Waals surface area contributed by atoms with E-state index in [0.29, 0.717) is 11.2 Å². The van der Waals surface area contributed by atoms with E-state index in [-0.39, 0.29) is 23.1 Å². The Morgan fingerprint density at radius 1 is 1.19 bits per heavy atom. The van der Waals surface area contributed by atoms with E-state index in [0.717, 1.165) is 5.39 Å². The number of rotatable bonds is 3. The zero-order valence-electron chi connectivity index (χ0n) is 11.3. The minimum atomic E-state index is -0.377. The number of nitrogens with zero attached hydrogens (tertiary/aromatic N) is 3. The lowest BCUT2D eigenvalue weighted by Crippen LogP contribution is -2.10. The molecular formula is C15H12N4O2. The second-order valence-corrected chi connectivity index (χ2v) is 4.36. The number of aromatic nitrogens is 3. The van der Waals surface area contributed by atoms with Crippen LogP contribution in [0.1, 0.15) is 16.2 Å². The predicted octanol–water partition coefficient (Wildman–Crippen LogP) is 1.85. The average Bonchev–Trinajstić information content (AvgIpc) is 2.54. The SMILES string of the molecule is COc1nccnc1C(=O)c1cc(N)c2ccccc2n1. The Morgan fingerprint density at radius 2 is 1.95 bits per heavy atom. The Morgan fingerprint density at radius 3 is 2.76 bits per heavy atom. The van der Waals surface area contributed by atoms with E-state index >= 15 is 0 Å². The lowest BCUT2D eigenvalue weighted by molar-refractivity contribution is 0.102. The molecule has 1 aromatic carbocycles. The number of hydrogen-bond acceptors (Lipinski definition) is 6. The minimum Gasteiger partial charge on any atom is -0.479 e. The largest absolute Gasteiger partial charge is 0.479 e. The van der Waals surface area contributed by atoms with E-state index in [1.807, 2.05) is 18.2 Å². The summed E-state index contributed by atoms with van der Waals surface area (Å²) in [6, 6.07) is 8.91. The molecule has 3 aromatic rings. The molecule has 2 aromatic heterocycles. The summed E-state index contributed by atoms with van der Waals surface area (Å²) < 4.78 is 5.05. The molecule has 0 bridgehead atoms. The summed E-state index contributed by atoms with van der Waals surface area (Å²) in [6.07, 6.45) is 2.89. The summed E-state index contributed by atoms with van der Waals surface area (Å²) >= 11 is 0. The fourth-order valence-electron chi connectivity index (χ4n) is 2.07. The van der Waals surface area contributed by atoms with Gasteiger partial charge in [0.15, 0.2) is 5.69 Å². The number of pyridine rings is 1. The van der Waals surface area contributed by atoms with E-state index in [1.54, 1.807) is 12.1 Å². The van der Waals surface area contributed by atoms with Crippen LogP contribution in [0.5, 0.6) is 5.88 Å². The third-order valence-electron chi connectivity index (χ3n) is 3.05. The van der Waals surface area contributed by atoms with Crippen LogP contribution in [0.25, 0.3) is 10.9 Å². The van der Waals surface area contributed by atoms with Crippen molar-refractivity contribution in [1.82, 2.24) is 15.0 Å². The van der Waals surface area contributed by atoms with Gasteiger partial charge in [0, 0.05) is 23.5 Å². The molecule has 2 heterocycles. The normalized spacial score (nSPS) is 10.5. The summed E-state index contributed by atoms with van der Waals surface area (Å²) in [4.78, 5) is 24.8. The number of hydrogen-bond donors (Lipinski definition) is 1. The van der Waals surface area contributed by atoms with E-state index in [4.69, 9.17) is 10.5 Å². The summed E-state index contributed by atoms with van der Waals surface area (Å²) in [5.41, 5.74) is 7.46. The van der Waals surface area contributed by atoms with Crippen LogP contribution in [0, 0.1) is 0 Å². The predicted molar refractivity (Wildman–Crippen MR) is 78.2 cm³/mol. The highest BCUT2D eigenvalue weighted by Crippen LogP contribution is 2.22. The van der Waals surface area contributed by atoms with E-state index in [9.17, 15) is 4.79 Å². The number of nitrogens with two attached hydrogens (primary N) is 1. The van der Waals surface area contributed by atoms with Gasteiger partial charge in [-0.2, -0.15) is 0 Å². The van der Waals surface area contributed by atoms with Crippen molar-refractivity contribution in [2.75, 3.05) is 12.8 Å². The quantitative estimate of drug-likeness (QED) is 0.736. The van der Waals surface area contributed by atoms with Crippen molar-refractivity contribution in [3.63, 3.8) is 0 Å². The van der Waals surface area contributed by atoms with Gasteiger partial charge in [-0.05, 0) is 12.1 Å². The molecule has 0 atom stereocenters. The molecule has 0 saturated heterocycles. The Bertz CT molecular complexity index is 833. The maximum atomic E-state index is 12.5. The Labute approximate surface area is 120 Å². The van der Waals surface area contributed by atoms with Crippen molar-refractivity contribution in [2.45, 2.75) is 0 Å². The van der Waals surface area contributed by atoms with Crippen molar-refractivity contribution in [1.29, 1.82) is 0 Å². The minimum absolute atomic E-state index is 0.113. The van der Waals surface area contributed by atoms with Gasteiger partial charge in [0.05, 0.1) is 12.6 Å². The summed E-state index contributed by atoms with van der Waals surface area (Å²) in [7, 11) is 1.43. The molecule has 0 aliphatic carbocycles. The smallest absolute Gasteiger partial charge is 0.243 e. The van der Waals surface area contributed by atoms with Gasteiger partial charge in [-0.3, -0.25) is 4.79 Å². The first kappa shape index (κ1) is 13.0. The fraction of sp³-hybridized carbons (Fsp3) is 0.0667. The molecule has 0 radical (unpaired) electrons. The number of nitrogen functional groups attached to an aromatic ring is 1. The van der Waals surface area contributed by atoms with Gasteiger partial charge in [-0.15, -0.1) is 0 Å². The van der Waals surface area contributed by atoms with Crippen LogP contribution >= 0.6 is 0 Å². The molecule has 6 nitrogen and oxygen atoms in total. The number of fused-ring (bicyclic) bond motifs is 1. The van der Waals surface area contributed by atoms with Crippen LogP contribution in [0.15, 0.2) is 42.7 Å². The van der Waals surface area contributed by atoms with Crippen molar-refractivity contribution in [2.24, 2.45) is 0 Å². The second kappa shape index (κ2) is 5.16. The van der Waals surface area contributed by atoms with Gasteiger partial charge in [0.2, 0.25) is 11.7 Å². The molecule has 0 aliphatic rings. The summed E-state index contributed by atoms with van der Waals surface area (Å²) in [5.74, 6) is -0.214. The number of para-hydroxylation sites is 1. The second-order valence-electron chi connectivity index (χ2n) is 4.36. The Kier molecular flexibility index (Phi) is 3.19. The number of ether oxygens (including phenoxy) is 1. The van der Waals surface area contributed by atoms with Gasteiger partial charge in [-0.25, -0.2) is 15.0 Å². The highest BCUT2D eigenvalue weighted by molar-refractivity contribution is 6.10. The first-order valence-electron chi connectivity index (χ1n) is 6.25. The Hall–Kier alpha value is -3.02. The summed E-state index contributed by atoms with van der Waals surface area (Å²) in [6.45, 7) is 0. The maximum absolute atomic E-state index is 12.5. The topological polar surface area (TPSA) is 91.0 Å². The van der Waals surface area contributed by atoms with Gasteiger partial charge in [0.1, 0.15) is 5.69 Å². The third-order valence-corrected chi connectivity index (χ3v) is 3.05. The number of carbonyl (C=O) groups is 1. The van der Waals surface area contributed by atoms with Crippen molar-refractivity contribution < 1.29 is 9.53 Å². The lowest BCUT2D eigenvalue weighted by atomic mass is 10.1. The zero-order chi connectivity index (χ0) is 14.8. The first-order valence-corrected chi connectivity index (χ1v) is 6.25. The molecule has 0 amide bonds. The molecule has 0 spiro atoms. The van der Waals surface area contributed by atoms with Crippen LogP contribution in [0.2, 0.25) is 0 Å². The molecule has 0 fully saturated rings. The number of anilines is 1. The first-order chi connectivity index (χ1) is 10.2. The maximum Gasteiger partial charge on any atom is 0.243 e. The Balaban J connectivity index is 2.14. The van der Waals surface area contributed by atoms with Crippen LogP contribution in [-0.4, -0.2) is 27.8 Å². The van der Waals surface area contributed by atoms with Gasteiger partial charge in [0.25, 0.3) is 0 Å². The van der Waals surface area contributed by atoms with Crippen molar-refractivity contribution in [3.05, 3.63) is 54.1 Å². The number of ketones is 1. The van der Waals surface area contributed by atoms with Gasteiger partial charge >= 0.3 is 0 Å². The molecule has 0 unspecified atom stereocenters. The number of methoxy groups -OCH3 is 1. The molecule has 3 rings (SSSR count). The van der Waals surface area contributed by atoms with E-state index < -0.39 is 0 Å². The van der Waals surface area contributed by atoms with E-state index in [1.165, 1.54) is 19.5 Å². The fourth-order valence-corrected chi connectivity index (χ4v) is 2.07. The van der Waals surface area contributed by atoms with E-state index in [2.05, 4.69) is 15.0 Å². The lowest BCUT2D eigenvalue weighted by Gasteiger charge is -2.07. The van der Waals surface area contributed by atoms with Crippen LogP contribution in [-0.2, 0) is 0 Å². The van der Waals surface area contributed by atoms with Gasteiger partial charge < -0.3 is 10.5 Å². The molecule has 2 N–H and O–H groups in total. The highest BCUT2D eigenvalue weighted by Gasteiger charge is 2.19. The molecule has 0 aliphatic heterocycles. The van der Waals surface area contributed by atoms with Crippen molar-refractivity contribution in [3.8, 4) is 5.88 Å². The molecule has 104 valence electrons. The van der Waals surface area contributed by atoms with Gasteiger partial charge in [-0.1, -0.05) is 18.2 Å². The average molecular weight is 280 g/mol. The van der Waals surface area contributed by atoms with Crippen molar-refractivity contribution >= 4 is 22.4 Å². The monoisotopic (exact) mass is 280 g/mol. The highest BCUT2D eigenvalue weighted by atomic mass is 16.5. The standard InChI is InChI=1S/C15H12N4O2/c1-21-15-13(17-6-7-18-15)14(20)12-8-10(16)9-4-2-3-5-11(9)19-12/h2-8H,1H3,(H2,16,19). The molecular weight excluding hydrogens is 268 g/mol. The van der Waals surface area contributed by atoms with Crippen LogP contribution < -0.4 is 10.5 Å². The van der Waals surface area contributed by atoms with Crippen LogP contribution in [0.3, 0.4) is 0 Å². The number of benzene rings is 1. The summed E-state index contributed by atoms with van der Waals surface area (Å²) in [5, 5.41) is 0.806. The zero-order valence-corrected chi connectivity index (χ0v) is 11.3. The molecule has 21 heavy (non-hydrogen) atoms. The van der Waals surface area contributed by atoms with Crippen LogP contribution in [0.4, 0.5) is 5.69 Å². The third kappa shape index (κ3) is 2.27. The molecule has 6 heteroatoms. The number of carbonyl (C=O) groups excluding carboxylic acids is 1.